The molecule has 0 aliphatic rings. The lowest BCUT2D eigenvalue weighted by atomic mass is 10.2. The summed E-state index contributed by atoms with van der Waals surface area (Å²) in [5.41, 5.74) is 0. The third-order valence-electron chi connectivity index (χ3n) is 1.65. The van der Waals surface area contributed by atoms with Gasteiger partial charge in [0, 0.05) is 20.6 Å². The van der Waals surface area contributed by atoms with Crippen molar-refractivity contribution in [3.8, 4) is 0 Å². The van der Waals surface area contributed by atoms with Gasteiger partial charge in [-0.25, -0.2) is 0 Å². The minimum atomic E-state index is -0.414. The molecule has 0 heterocycles. The molecular weight excluding hydrogens is 148 g/mol. The molecule has 62 valence electrons. The van der Waals surface area contributed by atoms with Crippen LogP contribution in [-0.4, -0.2) is 25.8 Å². The summed E-state index contributed by atoms with van der Waals surface area (Å²) < 4.78 is 10.3. The van der Waals surface area contributed by atoms with Crippen molar-refractivity contribution in [1.29, 1.82) is 0 Å². The molecule has 2 nitrogen and oxygen atoms in total. The number of rotatable bonds is 5. The van der Waals surface area contributed by atoms with Crippen LogP contribution in [0.15, 0.2) is 0 Å². The summed E-state index contributed by atoms with van der Waals surface area (Å²) in [6, 6.07) is 0. The number of thiol groups is 1. The average Bonchev–Trinajstić information content (AvgIpc) is 2.00. The highest BCUT2D eigenvalue weighted by molar-refractivity contribution is 7.80. The Labute approximate surface area is 68.3 Å². The Balaban J connectivity index is 3.58. The summed E-state index contributed by atoms with van der Waals surface area (Å²) in [5.74, 6) is 0.463. The van der Waals surface area contributed by atoms with E-state index in [1.165, 1.54) is 0 Å². The van der Waals surface area contributed by atoms with Crippen molar-refractivity contribution in [3.05, 3.63) is 0 Å². The third kappa shape index (κ3) is 3.44. The van der Waals surface area contributed by atoms with Crippen LogP contribution in [0.4, 0.5) is 0 Å². The van der Waals surface area contributed by atoms with E-state index in [0.717, 1.165) is 18.6 Å². The Morgan fingerprint density at radius 3 is 2.10 bits per heavy atom. The standard InChI is InChI=1S/C7H16O2S/c1-7(8-2,9-3)5-4-6-10/h10H,4-6H2,1-3H3. The van der Waals surface area contributed by atoms with Crippen LogP contribution >= 0.6 is 12.6 Å². The van der Waals surface area contributed by atoms with Gasteiger partial charge in [-0.3, -0.25) is 0 Å². The van der Waals surface area contributed by atoms with E-state index in [0.29, 0.717) is 0 Å². The van der Waals surface area contributed by atoms with E-state index in [2.05, 4.69) is 12.6 Å². The molecule has 0 amide bonds. The second-order valence-corrected chi connectivity index (χ2v) is 2.82. The second kappa shape index (κ2) is 4.99. The van der Waals surface area contributed by atoms with Crippen LogP contribution in [0.3, 0.4) is 0 Å². The van der Waals surface area contributed by atoms with Gasteiger partial charge in [-0.1, -0.05) is 0 Å². The second-order valence-electron chi connectivity index (χ2n) is 2.37. The van der Waals surface area contributed by atoms with Crippen LogP contribution < -0.4 is 0 Å². The number of hydrogen-bond donors (Lipinski definition) is 1. The lowest BCUT2D eigenvalue weighted by Crippen LogP contribution is -2.29. The van der Waals surface area contributed by atoms with E-state index < -0.39 is 5.79 Å². The molecule has 0 aliphatic heterocycles. The number of ether oxygens (including phenoxy) is 2. The molecule has 3 heteroatoms. The van der Waals surface area contributed by atoms with Crippen LogP contribution in [0.5, 0.6) is 0 Å². The zero-order chi connectivity index (χ0) is 8.04. The van der Waals surface area contributed by atoms with E-state index >= 15 is 0 Å². The summed E-state index contributed by atoms with van der Waals surface area (Å²) >= 11 is 4.10. The average molecular weight is 164 g/mol. The first-order valence-corrected chi connectivity index (χ1v) is 4.03. The van der Waals surface area contributed by atoms with Gasteiger partial charge in [-0.05, 0) is 19.1 Å². The lowest BCUT2D eigenvalue weighted by molar-refractivity contribution is -0.197. The summed E-state index contributed by atoms with van der Waals surface area (Å²) in [4.78, 5) is 0. The van der Waals surface area contributed by atoms with Crippen LogP contribution in [0.25, 0.3) is 0 Å². The maximum atomic E-state index is 5.13. The highest BCUT2D eigenvalue weighted by Crippen LogP contribution is 2.16. The zero-order valence-corrected chi connectivity index (χ0v) is 7.78. The van der Waals surface area contributed by atoms with Crippen molar-refractivity contribution < 1.29 is 9.47 Å². The van der Waals surface area contributed by atoms with Gasteiger partial charge in [0.25, 0.3) is 0 Å². The van der Waals surface area contributed by atoms with E-state index in [4.69, 9.17) is 9.47 Å². The maximum Gasteiger partial charge on any atom is 0.164 e. The van der Waals surface area contributed by atoms with Gasteiger partial charge < -0.3 is 9.47 Å². The van der Waals surface area contributed by atoms with Gasteiger partial charge >= 0.3 is 0 Å². The SMILES string of the molecule is COC(C)(CCCS)OC. The first-order valence-electron chi connectivity index (χ1n) is 3.39. The molecule has 10 heavy (non-hydrogen) atoms. The normalized spacial score (nSPS) is 12.0. The Kier molecular flexibility index (Phi) is 5.13. The van der Waals surface area contributed by atoms with E-state index in [1.54, 1.807) is 14.2 Å². The molecule has 0 saturated heterocycles. The lowest BCUT2D eigenvalue weighted by Gasteiger charge is -2.25. The minimum absolute atomic E-state index is 0.414. The van der Waals surface area contributed by atoms with Gasteiger partial charge in [0.2, 0.25) is 0 Å². The third-order valence-corrected chi connectivity index (χ3v) is 1.97. The van der Waals surface area contributed by atoms with Crippen LogP contribution in [0.1, 0.15) is 19.8 Å². The predicted octanol–water partition coefficient (Wildman–Crippen LogP) is 1.71. The Morgan fingerprint density at radius 1 is 1.30 bits per heavy atom. The molecule has 0 atom stereocenters. The van der Waals surface area contributed by atoms with E-state index in [1.807, 2.05) is 6.92 Å². The molecule has 0 saturated carbocycles. The van der Waals surface area contributed by atoms with Crippen LogP contribution in [0.2, 0.25) is 0 Å². The van der Waals surface area contributed by atoms with Crippen molar-refractivity contribution in [3.63, 3.8) is 0 Å². The van der Waals surface area contributed by atoms with E-state index in [9.17, 15) is 0 Å². The van der Waals surface area contributed by atoms with Gasteiger partial charge in [0.05, 0.1) is 0 Å². The molecule has 0 spiro atoms. The summed E-state index contributed by atoms with van der Waals surface area (Å²) in [6.07, 6.45) is 1.91. The highest BCUT2D eigenvalue weighted by atomic mass is 32.1. The Hall–Kier alpha value is 0.270. The molecule has 0 aliphatic carbocycles. The first kappa shape index (κ1) is 10.3. The smallest absolute Gasteiger partial charge is 0.164 e. The van der Waals surface area contributed by atoms with E-state index in [-0.39, 0.29) is 0 Å². The minimum Gasteiger partial charge on any atom is -0.353 e. The van der Waals surface area contributed by atoms with Crippen molar-refractivity contribution >= 4 is 12.6 Å². The summed E-state index contributed by atoms with van der Waals surface area (Å²) in [7, 11) is 3.31. The molecular formula is C7H16O2S. The first-order chi connectivity index (χ1) is 4.68. The summed E-state index contributed by atoms with van der Waals surface area (Å²) in [5, 5.41) is 0. The van der Waals surface area contributed by atoms with Crippen LogP contribution in [0, 0.1) is 0 Å². The van der Waals surface area contributed by atoms with Crippen molar-refractivity contribution in [1.82, 2.24) is 0 Å². The molecule has 0 aromatic rings. The van der Waals surface area contributed by atoms with Crippen molar-refractivity contribution in [2.24, 2.45) is 0 Å². The fourth-order valence-electron chi connectivity index (χ4n) is 0.688. The Morgan fingerprint density at radius 2 is 1.80 bits per heavy atom. The highest BCUT2D eigenvalue weighted by Gasteiger charge is 2.20. The van der Waals surface area contributed by atoms with Crippen molar-refractivity contribution in [2.75, 3.05) is 20.0 Å². The zero-order valence-electron chi connectivity index (χ0n) is 6.89. The Bertz CT molecular complexity index is 81.7. The fourth-order valence-corrected chi connectivity index (χ4v) is 0.846. The predicted molar refractivity (Wildman–Crippen MR) is 45.5 cm³/mol. The maximum absolute atomic E-state index is 5.13. The number of hydrogen-bond acceptors (Lipinski definition) is 3. The molecule has 0 bridgehead atoms. The van der Waals surface area contributed by atoms with Gasteiger partial charge in [-0.15, -0.1) is 0 Å². The van der Waals surface area contributed by atoms with Crippen LogP contribution in [-0.2, 0) is 9.47 Å². The quantitative estimate of drug-likeness (QED) is 0.492. The van der Waals surface area contributed by atoms with Gasteiger partial charge in [0.15, 0.2) is 5.79 Å². The molecule has 0 aromatic carbocycles. The van der Waals surface area contributed by atoms with Gasteiger partial charge in [0.1, 0.15) is 0 Å². The molecule has 0 unspecified atom stereocenters. The topological polar surface area (TPSA) is 18.5 Å². The largest absolute Gasteiger partial charge is 0.353 e. The van der Waals surface area contributed by atoms with Crippen molar-refractivity contribution in [2.45, 2.75) is 25.6 Å². The monoisotopic (exact) mass is 164 g/mol. The number of methoxy groups -OCH3 is 2. The molecule has 0 radical (unpaired) electrons. The van der Waals surface area contributed by atoms with Gasteiger partial charge in [-0.2, -0.15) is 12.6 Å². The summed E-state index contributed by atoms with van der Waals surface area (Å²) in [6.45, 7) is 1.93. The molecule has 0 fully saturated rings. The molecule has 0 rings (SSSR count). The fraction of sp³-hybridized carbons (Fsp3) is 1.00. The molecule has 0 N–H and O–H groups in total. The molecule has 0 aromatic heterocycles.